The Morgan fingerprint density at radius 1 is 1.40 bits per heavy atom. The van der Waals surface area contributed by atoms with Crippen molar-refractivity contribution in [2.75, 3.05) is 17.7 Å². The van der Waals surface area contributed by atoms with Crippen LogP contribution in [-0.4, -0.2) is 28.1 Å². The van der Waals surface area contributed by atoms with Crippen molar-refractivity contribution in [3.63, 3.8) is 0 Å². The van der Waals surface area contributed by atoms with E-state index in [0.29, 0.717) is 12.5 Å². The van der Waals surface area contributed by atoms with Crippen LogP contribution in [0, 0.1) is 0 Å². The Hall–Kier alpha value is -1.41. The van der Waals surface area contributed by atoms with Gasteiger partial charge < -0.3 is 15.4 Å². The molecule has 8 heteroatoms. The number of anilines is 2. The third-order valence-corrected chi connectivity index (χ3v) is 4.00. The molecule has 0 aliphatic carbocycles. The van der Waals surface area contributed by atoms with E-state index in [9.17, 15) is 0 Å². The van der Waals surface area contributed by atoms with E-state index in [-0.39, 0.29) is 18.1 Å². The maximum Gasteiger partial charge on any atom is 0.323 e. The number of thiophene rings is 1. The summed E-state index contributed by atoms with van der Waals surface area (Å²) in [4.78, 5) is 15.5. The predicted molar refractivity (Wildman–Crippen MR) is 84.1 cm³/mol. The third kappa shape index (κ3) is 4.04. The van der Waals surface area contributed by atoms with Crippen LogP contribution in [0.3, 0.4) is 0 Å². The maximum atomic E-state index is 5.70. The van der Waals surface area contributed by atoms with E-state index < -0.39 is 0 Å². The van der Waals surface area contributed by atoms with Gasteiger partial charge in [0.2, 0.25) is 11.9 Å². The van der Waals surface area contributed by atoms with Crippen LogP contribution >= 0.6 is 27.3 Å². The van der Waals surface area contributed by atoms with Gasteiger partial charge in [-0.05, 0) is 35.8 Å². The first-order valence-corrected chi connectivity index (χ1v) is 7.73. The summed E-state index contributed by atoms with van der Waals surface area (Å²) in [6.45, 7) is 4.51. The van der Waals surface area contributed by atoms with Gasteiger partial charge in [0.05, 0.1) is 12.6 Å². The minimum atomic E-state index is -0.0109. The number of nitrogen functional groups attached to an aromatic ring is 1. The largest absolute Gasteiger partial charge is 0.461 e. The summed E-state index contributed by atoms with van der Waals surface area (Å²) in [5.41, 5.74) is 5.70. The zero-order chi connectivity index (χ0) is 14.7. The zero-order valence-electron chi connectivity index (χ0n) is 11.5. The number of aromatic nitrogens is 3. The Morgan fingerprint density at radius 3 is 2.75 bits per heavy atom. The van der Waals surface area contributed by atoms with Gasteiger partial charge in [-0.25, -0.2) is 0 Å². The molecule has 0 atom stereocenters. The third-order valence-electron chi connectivity index (χ3n) is 2.32. The Kier molecular flexibility index (Phi) is 4.77. The number of nitrogens with zero attached hydrogens (tertiary/aromatic N) is 4. The van der Waals surface area contributed by atoms with Gasteiger partial charge in [0.1, 0.15) is 0 Å². The highest BCUT2D eigenvalue weighted by molar-refractivity contribution is 9.10. The summed E-state index contributed by atoms with van der Waals surface area (Å²) < 4.78 is 6.54. The van der Waals surface area contributed by atoms with Crippen molar-refractivity contribution in [1.29, 1.82) is 0 Å². The minimum Gasteiger partial charge on any atom is -0.461 e. The number of rotatable bonds is 5. The molecule has 0 saturated carbocycles. The van der Waals surface area contributed by atoms with Crippen LogP contribution in [0.1, 0.15) is 18.7 Å². The van der Waals surface area contributed by atoms with Gasteiger partial charge >= 0.3 is 6.01 Å². The second kappa shape index (κ2) is 6.36. The fraction of sp³-hybridized carbons (Fsp3) is 0.417. The van der Waals surface area contributed by atoms with E-state index in [4.69, 9.17) is 10.5 Å². The molecule has 2 N–H and O–H groups in total. The van der Waals surface area contributed by atoms with Crippen LogP contribution in [0.25, 0.3) is 0 Å². The molecule has 0 aliphatic heterocycles. The lowest BCUT2D eigenvalue weighted by Crippen LogP contribution is -2.20. The molecule has 0 spiro atoms. The highest BCUT2D eigenvalue weighted by atomic mass is 79.9. The summed E-state index contributed by atoms with van der Waals surface area (Å²) >= 11 is 5.11. The van der Waals surface area contributed by atoms with Crippen LogP contribution in [0.15, 0.2) is 15.9 Å². The first-order chi connectivity index (χ1) is 9.44. The van der Waals surface area contributed by atoms with Crippen LogP contribution in [0.5, 0.6) is 6.01 Å². The zero-order valence-corrected chi connectivity index (χ0v) is 13.9. The number of nitrogens with two attached hydrogens (primary N) is 1. The van der Waals surface area contributed by atoms with Gasteiger partial charge in [-0.15, -0.1) is 11.3 Å². The fourth-order valence-electron chi connectivity index (χ4n) is 1.54. The van der Waals surface area contributed by atoms with E-state index in [2.05, 4.69) is 36.9 Å². The molecule has 20 heavy (non-hydrogen) atoms. The standard InChI is InChI=1S/C12H16BrN5OS/c1-7(2)19-12-16-10(14)15-11(17-12)18(3)5-9-4-8(13)6-20-9/h4,6-7H,5H2,1-3H3,(H2,14,15,16,17). The summed E-state index contributed by atoms with van der Waals surface area (Å²) in [5.74, 6) is 0.655. The lowest BCUT2D eigenvalue weighted by Gasteiger charge is -2.17. The molecule has 108 valence electrons. The van der Waals surface area contributed by atoms with Gasteiger partial charge in [0, 0.05) is 21.8 Å². The second-order valence-electron chi connectivity index (χ2n) is 4.53. The van der Waals surface area contributed by atoms with Gasteiger partial charge in [0.15, 0.2) is 0 Å². The molecule has 0 amide bonds. The van der Waals surface area contributed by atoms with Gasteiger partial charge in [-0.3, -0.25) is 0 Å². The summed E-state index contributed by atoms with van der Waals surface area (Å²) in [6.07, 6.45) is -0.0109. The molecular formula is C12H16BrN5OS. The lowest BCUT2D eigenvalue weighted by molar-refractivity contribution is 0.222. The summed E-state index contributed by atoms with van der Waals surface area (Å²) in [6, 6.07) is 2.32. The number of ether oxygens (including phenoxy) is 1. The second-order valence-corrected chi connectivity index (χ2v) is 6.44. The Bertz CT molecular complexity index is 589. The van der Waals surface area contributed by atoms with E-state index in [1.807, 2.05) is 31.2 Å². The Morgan fingerprint density at radius 2 is 2.15 bits per heavy atom. The van der Waals surface area contributed by atoms with Gasteiger partial charge in [-0.1, -0.05) is 0 Å². The molecule has 0 radical (unpaired) electrons. The van der Waals surface area contributed by atoms with E-state index in [0.717, 1.165) is 4.47 Å². The number of hydrogen-bond acceptors (Lipinski definition) is 7. The van der Waals surface area contributed by atoms with Gasteiger partial charge in [-0.2, -0.15) is 15.0 Å². The molecule has 2 aromatic heterocycles. The van der Waals surface area contributed by atoms with Crippen LogP contribution in [0.4, 0.5) is 11.9 Å². The topological polar surface area (TPSA) is 77.2 Å². The molecule has 0 aliphatic rings. The molecule has 0 bridgehead atoms. The van der Waals surface area contributed by atoms with Crippen LogP contribution in [0.2, 0.25) is 0 Å². The SMILES string of the molecule is CC(C)Oc1nc(N)nc(N(C)Cc2cc(Br)cs2)n1. The van der Waals surface area contributed by atoms with Crippen molar-refractivity contribution < 1.29 is 4.74 Å². The van der Waals surface area contributed by atoms with Crippen molar-refractivity contribution >= 4 is 39.2 Å². The molecule has 0 fully saturated rings. The molecule has 2 heterocycles. The quantitative estimate of drug-likeness (QED) is 0.886. The molecule has 6 nitrogen and oxygen atoms in total. The molecule has 2 rings (SSSR count). The average Bonchev–Trinajstić information content (AvgIpc) is 2.73. The summed E-state index contributed by atoms with van der Waals surface area (Å²) in [5, 5.41) is 2.04. The molecule has 2 aromatic rings. The molecule has 0 saturated heterocycles. The lowest BCUT2D eigenvalue weighted by atomic mass is 10.4. The maximum absolute atomic E-state index is 5.70. The van der Waals surface area contributed by atoms with Crippen molar-refractivity contribution in [3.8, 4) is 6.01 Å². The van der Waals surface area contributed by atoms with Crippen LogP contribution in [-0.2, 0) is 6.54 Å². The first kappa shape index (κ1) is 15.0. The highest BCUT2D eigenvalue weighted by Gasteiger charge is 2.12. The monoisotopic (exact) mass is 357 g/mol. The minimum absolute atomic E-state index is 0.0109. The molecular weight excluding hydrogens is 342 g/mol. The number of hydrogen-bond donors (Lipinski definition) is 1. The first-order valence-electron chi connectivity index (χ1n) is 6.06. The normalized spacial score (nSPS) is 10.8. The Balaban J connectivity index is 2.16. The highest BCUT2D eigenvalue weighted by Crippen LogP contribution is 2.22. The molecule has 0 aromatic carbocycles. The van der Waals surface area contributed by atoms with Crippen molar-refractivity contribution in [2.45, 2.75) is 26.5 Å². The van der Waals surface area contributed by atoms with E-state index in [1.165, 1.54) is 4.88 Å². The summed E-state index contributed by atoms with van der Waals surface area (Å²) in [7, 11) is 1.90. The van der Waals surface area contributed by atoms with Crippen molar-refractivity contribution in [1.82, 2.24) is 15.0 Å². The van der Waals surface area contributed by atoms with E-state index >= 15 is 0 Å². The smallest absolute Gasteiger partial charge is 0.323 e. The Labute approximate surface area is 130 Å². The number of halogens is 1. The van der Waals surface area contributed by atoms with Crippen molar-refractivity contribution in [3.05, 3.63) is 20.8 Å². The van der Waals surface area contributed by atoms with Crippen molar-refractivity contribution in [2.24, 2.45) is 0 Å². The average molecular weight is 358 g/mol. The van der Waals surface area contributed by atoms with Crippen LogP contribution < -0.4 is 15.4 Å². The predicted octanol–water partition coefficient (Wildman–Crippen LogP) is 2.70. The van der Waals surface area contributed by atoms with Gasteiger partial charge in [0.25, 0.3) is 0 Å². The fourth-order valence-corrected chi connectivity index (χ4v) is 3.04. The molecule has 0 unspecified atom stereocenters. The van der Waals surface area contributed by atoms with E-state index in [1.54, 1.807) is 11.3 Å².